The fourth-order valence-corrected chi connectivity index (χ4v) is 2.88. The molecule has 21 heavy (non-hydrogen) atoms. The minimum absolute atomic E-state index is 0.0281. The maximum Gasteiger partial charge on any atom is 0.255 e. The van der Waals surface area contributed by atoms with Crippen LogP contribution in [0.3, 0.4) is 0 Å². The highest BCUT2D eigenvalue weighted by atomic mass is 32.2. The van der Waals surface area contributed by atoms with Gasteiger partial charge in [-0.25, -0.2) is 0 Å². The van der Waals surface area contributed by atoms with Gasteiger partial charge >= 0.3 is 0 Å². The van der Waals surface area contributed by atoms with Crippen LogP contribution in [-0.4, -0.2) is 4.98 Å². The molecule has 2 nitrogen and oxygen atoms in total. The zero-order valence-electron chi connectivity index (χ0n) is 12.3. The number of benzene rings is 2. The predicted octanol–water partition coefficient (Wildman–Crippen LogP) is 4.85. The van der Waals surface area contributed by atoms with Crippen LogP contribution >= 0.6 is 11.8 Å². The lowest BCUT2D eigenvalue weighted by molar-refractivity contribution is 1.27. The van der Waals surface area contributed by atoms with Gasteiger partial charge in [0.1, 0.15) is 0 Å². The molecule has 0 fully saturated rings. The molecule has 0 aliphatic heterocycles. The van der Waals surface area contributed by atoms with Crippen LogP contribution < -0.4 is 5.56 Å². The van der Waals surface area contributed by atoms with Crippen LogP contribution in [0.4, 0.5) is 0 Å². The summed E-state index contributed by atoms with van der Waals surface area (Å²) in [6.45, 7) is 4.00. The molecule has 2 aromatic carbocycles. The topological polar surface area (TPSA) is 32.9 Å². The van der Waals surface area contributed by atoms with Crippen LogP contribution in [0, 0.1) is 0 Å². The lowest BCUT2D eigenvalue weighted by atomic mass is 10.2. The molecule has 3 aromatic rings. The van der Waals surface area contributed by atoms with Crippen molar-refractivity contribution in [2.24, 2.45) is 0 Å². The second-order valence-electron chi connectivity index (χ2n) is 4.33. The third-order valence-electron chi connectivity index (χ3n) is 3.00. The number of aromatic nitrogens is 1. The van der Waals surface area contributed by atoms with E-state index in [-0.39, 0.29) is 5.56 Å². The van der Waals surface area contributed by atoms with E-state index in [1.54, 1.807) is 18.0 Å². The number of hydrogen-bond donors (Lipinski definition) is 1. The van der Waals surface area contributed by atoms with E-state index >= 15 is 0 Å². The molecule has 1 aromatic heterocycles. The molecule has 1 N–H and O–H groups in total. The van der Waals surface area contributed by atoms with Crippen molar-refractivity contribution < 1.29 is 0 Å². The minimum atomic E-state index is -0.0281. The molecule has 0 amide bonds. The van der Waals surface area contributed by atoms with E-state index in [2.05, 4.69) is 23.2 Å². The molecule has 0 aliphatic rings. The van der Waals surface area contributed by atoms with Crippen LogP contribution in [0.1, 0.15) is 19.4 Å². The molecular formula is C18H19NOS. The van der Waals surface area contributed by atoms with E-state index < -0.39 is 0 Å². The summed E-state index contributed by atoms with van der Waals surface area (Å²) >= 11 is 1.74. The summed E-state index contributed by atoms with van der Waals surface area (Å²) in [5.41, 5.74) is 1.26. The lowest BCUT2D eigenvalue weighted by Crippen LogP contribution is -2.03. The Kier molecular flexibility index (Phi) is 5.64. The van der Waals surface area contributed by atoms with E-state index in [1.807, 2.05) is 50.2 Å². The average molecular weight is 297 g/mol. The normalized spacial score (nSPS) is 10.0. The molecule has 3 heteroatoms. The van der Waals surface area contributed by atoms with Crippen molar-refractivity contribution in [2.45, 2.75) is 24.5 Å². The molecule has 0 aliphatic carbocycles. The predicted molar refractivity (Wildman–Crippen MR) is 91.9 cm³/mol. The van der Waals surface area contributed by atoms with Gasteiger partial charge in [0.25, 0.3) is 5.56 Å². The molecule has 0 saturated heterocycles. The fourth-order valence-electron chi connectivity index (χ4n) is 1.99. The number of thioether (sulfide) groups is 1. The van der Waals surface area contributed by atoms with E-state index in [0.717, 1.165) is 21.4 Å². The van der Waals surface area contributed by atoms with Crippen LogP contribution in [-0.2, 0) is 5.75 Å². The largest absolute Gasteiger partial charge is 0.329 e. The Balaban J connectivity index is 0.000000774. The Labute approximate surface area is 129 Å². The van der Waals surface area contributed by atoms with Crippen molar-refractivity contribution in [3.8, 4) is 0 Å². The van der Waals surface area contributed by atoms with Crippen molar-refractivity contribution in [1.82, 2.24) is 4.98 Å². The summed E-state index contributed by atoms with van der Waals surface area (Å²) < 4.78 is 0. The van der Waals surface area contributed by atoms with Gasteiger partial charge in [0.05, 0.1) is 0 Å². The Bertz CT molecular complexity index is 750. The summed E-state index contributed by atoms with van der Waals surface area (Å²) in [6.07, 6.45) is 1.68. The zero-order valence-corrected chi connectivity index (χ0v) is 13.1. The number of H-pyrrole nitrogens is 1. The van der Waals surface area contributed by atoms with Gasteiger partial charge in [-0.15, -0.1) is 11.8 Å². The third-order valence-corrected chi connectivity index (χ3v) is 4.06. The number of aromatic amines is 1. The second-order valence-corrected chi connectivity index (χ2v) is 5.38. The molecule has 1 heterocycles. The van der Waals surface area contributed by atoms with E-state index in [0.29, 0.717) is 0 Å². The summed E-state index contributed by atoms with van der Waals surface area (Å²) in [5.74, 6) is 0.914. The molecule has 0 atom stereocenters. The smallest absolute Gasteiger partial charge is 0.255 e. The first-order valence-corrected chi connectivity index (χ1v) is 8.10. The standard InChI is InChI=1S/C16H13NOS.C2H6/c18-16-15-10-14(7-6-13(15)8-9-17-16)19-11-12-4-2-1-3-5-12;1-2/h1-10H,11H2,(H,17,18);1-2H3. The number of pyridine rings is 1. The van der Waals surface area contributed by atoms with Crippen molar-refractivity contribution >= 4 is 22.5 Å². The van der Waals surface area contributed by atoms with Gasteiger partial charge in [0.15, 0.2) is 0 Å². The van der Waals surface area contributed by atoms with Gasteiger partial charge in [-0.2, -0.15) is 0 Å². The van der Waals surface area contributed by atoms with Gasteiger partial charge in [0.2, 0.25) is 0 Å². The van der Waals surface area contributed by atoms with Crippen molar-refractivity contribution in [3.05, 3.63) is 76.7 Å². The highest BCUT2D eigenvalue weighted by Gasteiger charge is 2.01. The Hall–Kier alpha value is -2.00. The summed E-state index contributed by atoms with van der Waals surface area (Å²) in [5, 5.41) is 1.73. The number of rotatable bonds is 3. The van der Waals surface area contributed by atoms with E-state index in [9.17, 15) is 4.79 Å². The van der Waals surface area contributed by atoms with Crippen molar-refractivity contribution in [1.29, 1.82) is 0 Å². The minimum Gasteiger partial charge on any atom is -0.329 e. The summed E-state index contributed by atoms with van der Waals surface area (Å²) in [7, 11) is 0. The van der Waals surface area contributed by atoms with Gasteiger partial charge in [-0.3, -0.25) is 4.79 Å². The molecule has 0 unspecified atom stereocenters. The van der Waals surface area contributed by atoms with Gasteiger partial charge in [0, 0.05) is 22.2 Å². The summed E-state index contributed by atoms with van der Waals surface area (Å²) in [6, 6.07) is 18.3. The Morgan fingerprint density at radius 1 is 1.00 bits per heavy atom. The number of fused-ring (bicyclic) bond motifs is 1. The average Bonchev–Trinajstić information content (AvgIpc) is 2.56. The van der Waals surface area contributed by atoms with Gasteiger partial charge in [-0.05, 0) is 29.1 Å². The Morgan fingerprint density at radius 3 is 2.52 bits per heavy atom. The second kappa shape index (κ2) is 7.70. The molecule has 108 valence electrons. The van der Waals surface area contributed by atoms with Gasteiger partial charge < -0.3 is 4.98 Å². The highest BCUT2D eigenvalue weighted by Crippen LogP contribution is 2.25. The van der Waals surface area contributed by atoms with Crippen molar-refractivity contribution in [2.75, 3.05) is 0 Å². The van der Waals surface area contributed by atoms with Crippen LogP contribution in [0.15, 0.2) is 70.5 Å². The highest BCUT2D eigenvalue weighted by molar-refractivity contribution is 7.98. The SMILES string of the molecule is CC.O=c1[nH]ccc2ccc(SCc3ccccc3)cc12. The molecule has 0 radical (unpaired) electrons. The van der Waals surface area contributed by atoms with Gasteiger partial charge in [-0.1, -0.05) is 50.2 Å². The first-order valence-electron chi connectivity index (χ1n) is 7.11. The maximum absolute atomic E-state index is 11.7. The lowest BCUT2D eigenvalue weighted by Gasteiger charge is -2.03. The Morgan fingerprint density at radius 2 is 1.76 bits per heavy atom. The third kappa shape index (κ3) is 3.99. The van der Waals surface area contributed by atoms with E-state index in [1.165, 1.54) is 5.56 Å². The fraction of sp³-hybridized carbons (Fsp3) is 0.167. The van der Waals surface area contributed by atoms with Crippen molar-refractivity contribution in [3.63, 3.8) is 0 Å². The molecule has 0 bridgehead atoms. The molecule has 0 saturated carbocycles. The molecule has 0 spiro atoms. The quantitative estimate of drug-likeness (QED) is 0.701. The monoisotopic (exact) mass is 297 g/mol. The first kappa shape index (κ1) is 15.4. The summed E-state index contributed by atoms with van der Waals surface area (Å²) in [4.78, 5) is 15.6. The zero-order chi connectivity index (χ0) is 15.1. The van der Waals surface area contributed by atoms with E-state index in [4.69, 9.17) is 0 Å². The van der Waals surface area contributed by atoms with Crippen LogP contribution in [0.2, 0.25) is 0 Å². The van der Waals surface area contributed by atoms with Crippen LogP contribution in [0.25, 0.3) is 10.8 Å². The maximum atomic E-state index is 11.7. The number of nitrogens with one attached hydrogen (secondary N) is 1. The van der Waals surface area contributed by atoms with Crippen LogP contribution in [0.5, 0.6) is 0 Å². The molecule has 3 rings (SSSR count). The first-order chi connectivity index (χ1) is 10.3. The number of hydrogen-bond acceptors (Lipinski definition) is 2. The molecular weight excluding hydrogens is 278 g/mol.